The molecule has 1 aliphatic rings. The van der Waals surface area contributed by atoms with E-state index in [0.29, 0.717) is 6.54 Å². The number of hydrogen-bond donors (Lipinski definition) is 1. The summed E-state index contributed by atoms with van der Waals surface area (Å²) in [6, 6.07) is 89.4. The van der Waals surface area contributed by atoms with Gasteiger partial charge in [0.1, 0.15) is 0 Å². The van der Waals surface area contributed by atoms with Crippen molar-refractivity contribution < 1.29 is 0 Å². The van der Waals surface area contributed by atoms with Crippen molar-refractivity contribution in [2.75, 3.05) is 0 Å². The van der Waals surface area contributed by atoms with Gasteiger partial charge in [-0.15, -0.1) is 0 Å². The lowest BCUT2D eigenvalue weighted by atomic mass is 9.67. The van der Waals surface area contributed by atoms with Gasteiger partial charge in [0, 0.05) is 6.54 Å². The van der Waals surface area contributed by atoms with E-state index in [1.54, 1.807) is 0 Å². The highest BCUT2D eigenvalue weighted by atomic mass is 14.5. The maximum atomic E-state index is 5.60. The van der Waals surface area contributed by atoms with Crippen molar-refractivity contribution in [3.63, 3.8) is 0 Å². The average Bonchev–Trinajstić information content (AvgIpc) is 3.66. The maximum absolute atomic E-state index is 5.60. The molecule has 0 saturated heterocycles. The third kappa shape index (κ3) is 8.28. The second-order valence-corrected chi connectivity index (χ2v) is 16.3. The van der Waals surface area contributed by atoms with Crippen LogP contribution in [0.15, 0.2) is 249 Å². The minimum atomic E-state index is -0.411. The van der Waals surface area contributed by atoms with E-state index >= 15 is 0 Å². The predicted octanol–water partition coefficient (Wildman–Crippen LogP) is 15.7. The molecule has 1 aliphatic carbocycles. The van der Waals surface area contributed by atoms with Crippen LogP contribution in [0.3, 0.4) is 0 Å². The molecule has 0 aliphatic heterocycles. The molecular weight excluding hydrogens is 759 g/mol. The van der Waals surface area contributed by atoms with Crippen LogP contribution in [0, 0.1) is 13.8 Å². The summed E-state index contributed by atoms with van der Waals surface area (Å²) in [5.74, 6) is 0. The van der Waals surface area contributed by atoms with Gasteiger partial charge < -0.3 is 5.73 Å². The van der Waals surface area contributed by atoms with E-state index in [-0.39, 0.29) is 0 Å². The van der Waals surface area contributed by atoms with Crippen molar-refractivity contribution in [1.82, 2.24) is 0 Å². The summed E-state index contributed by atoms with van der Waals surface area (Å²) in [5.41, 5.74) is 24.3. The van der Waals surface area contributed by atoms with Crippen molar-refractivity contribution in [1.29, 1.82) is 0 Å². The third-order valence-corrected chi connectivity index (χ3v) is 12.2. The van der Waals surface area contributed by atoms with Gasteiger partial charge in [-0.3, -0.25) is 0 Å². The zero-order valence-corrected chi connectivity index (χ0v) is 36.0. The van der Waals surface area contributed by atoms with E-state index < -0.39 is 5.41 Å². The Bertz CT molecular complexity index is 3040. The first-order valence-electron chi connectivity index (χ1n) is 21.9. The van der Waals surface area contributed by atoms with Crippen LogP contribution < -0.4 is 5.73 Å². The quantitative estimate of drug-likeness (QED) is 0.178. The van der Waals surface area contributed by atoms with Crippen molar-refractivity contribution in [3.05, 3.63) is 288 Å². The van der Waals surface area contributed by atoms with Gasteiger partial charge in [-0.1, -0.05) is 248 Å². The number of benzene rings is 10. The van der Waals surface area contributed by atoms with E-state index in [1.807, 2.05) is 48.5 Å². The molecule has 0 radical (unpaired) electrons. The van der Waals surface area contributed by atoms with Crippen LogP contribution in [-0.4, -0.2) is 0 Å². The van der Waals surface area contributed by atoms with Crippen LogP contribution >= 0.6 is 0 Å². The van der Waals surface area contributed by atoms with Crippen LogP contribution in [-0.2, 0) is 12.0 Å². The lowest BCUT2D eigenvalue weighted by molar-refractivity contribution is 0.769. The van der Waals surface area contributed by atoms with E-state index in [0.717, 1.165) is 0 Å². The Labute approximate surface area is 372 Å². The molecule has 0 bridgehead atoms. The second kappa shape index (κ2) is 18.6. The molecule has 0 atom stereocenters. The molecule has 1 nitrogen and oxygen atoms in total. The Kier molecular flexibility index (Phi) is 12.0. The highest BCUT2D eigenvalue weighted by Crippen LogP contribution is 2.57. The van der Waals surface area contributed by atoms with E-state index in [9.17, 15) is 0 Å². The molecule has 0 fully saturated rings. The summed E-state index contributed by atoms with van der Waals surface area (Å²) in [5, 5.41) is 2.54. The van der Waals surface area contributed by atoms with Crippen molar-refractivity contribution in [2.24, 2.45) is 5.73 Å². The smallest absolute Gasteiger partial charge is 0.0713 e. The molecule has 0 aromatic heterocycles. The molecule has 1 heteroatoms. The molecule has 11 rings (SSSR count). The lowest BCUT2D eigenvalue weighted by Crippen LogP contribution is -2.28. The van der Waals surface area contributed by atoms with Crippen LogP contribution in [0.2, 0.25) is 0 Å². The molecule has 304 valence electrons. The van der Waals surface area contributed by atoms with Crippen LogP contribution in [0.1, 0.15) is 38.9 Å². The summed E-state index contributed by atoms with van der Waals surface area (Å²) >= 11 is 0. The summed E-state index contributed by atoms with van der Waals surface area (Å²) in [6.45, 7) is 4.83. The van der Waals surface area contributed by atoms with Crippen LogP contribution in [0.25, 0.3) is 55.3 Å². The molecule has 0 saturated carbocycles. The van der Waals surface area contributed by atoms with Crippen LogP contribution in [0.4, 0.5) is 0 Å². The van der Waals surface area contributed by atoms with Crippen molar-refractivity contribution >= 4 is 10.8 Å². The fraction of sp³-hybridized carbons (Fsp3) is 0.0645. The molecule has 0 amide bonds. The number of fused-ring (bicyclic) bond motifs is 4. The molecule has 63 heavy (non-hydrogen) atoms. The molecule has 0 heterocycles. The largest absolute Gasteiger partial charge is 0.326 e. The first-order chi connectivity index (χ1) is 31.0. The molecule has 10 aromatic carbocycles. The van der Waals surface area contributed by atoms with Gasteiger partial charge in [0.25, 0.3) is 0 Å². The Balaban J connectivity index is 0.000000196. The normalized spacial score (nSPS) is 11.9. The zero-order valence-electron chi connectivity index (χ0n) is 36.0. The summed E-state index contributed by atoms with van der Waals surface area (Å²) in [7, 11) is 0. The second-order valence-electron chi connectivity index (χ2n) is 16.3. The molecule has 0 unspecified atom stereocenters. The molecular formula is C62H51N. The Morgan fingerprint density at radius 2 is 0.873 bits per heavy atom. The number of nitrogens with two attached hydrogens (primary N) is 1. The monoisotopic (exact) mass is 809 g/mol. The number of aryl methyl sites for hydroxylation is 2. The van der Waals surface area contributed by atoms with Gasteiger partial charge >= 0.3 is 0 Å². The fourth-order valence-corrected chi connectivity index (χ4v) is 9.20. The standard InChI is InChI=1S/C42H30.C13H13N.C7H8/c1-29-20-22-31(23-21-29)41-35-17-9-8-12-30(35)24-26-36(41)32-25-27-38-37-18-10-11-19-39(37)42(40(38)28-32,33-13-4-2-5-14-33)34-15-6-3-7-16-34;14-10-11-5-4-8-13(9-11)12-6-2-1-3-7-12;1-7-5-3-2-4-6-7/h2-28H,1H3;1-9H,10,14H2;2-6H,1H3. The predicted molar refractivity (Wildman–Crippen MR) is 268 cm³/mol. The van der Waals surface area contributed by atoms with Gasteiger partial charge in [0.05, 0.1) is 5.41 Å². The molecule has 0 spiro atoms. The third-order valence-electron chi connectivity index (χ3n) is 12.2. The van der Waals surface area contributed by atoms with Crippen molar-refractivity contribution in [3.8, 4) is 44.5 Å². The van der Waals surface area contributed by atoms with Crippen LogP contribution in [0.5, 0.6) is 0 Å². The summed E-state index contributed by atoms with van der Waals surface area (Å²) < 4.78 is 0. The van der Waals surface area contributed by atoms with Gasteiger partial charge in [-0.25, -0.2) is 0 Å². The van der Waals surface area contributed by atoms with E-state index in [4.69, 9.17) is 5.73 Å². The Morgan fingerprint density at radius 1 is 0.349 bits per heavy atom. The van der Waals surface area contributed by atoms with Gasteiger partial charge in [0.2, 0.25) is 0 Å². The maximum Gasteiger partial charge on any atom is 0.0713 e. The van der Waals surface area contributed by atoms with Gasteiger partial charge in [-0.2, -0.15) is 0 Å². The van der Waals surface area contributed by atoms with E-state index in [1.165, 1.54) is 94.2 Å². The Morgan fingerprint density at radius 3 is 1.52 bits per heavy atom. The average molecular weight is 810 g/mol. The first-order valence-corrected chi connectivity index (χ1v) is 21.9. The summed E-state index contributed by atoms with van der Waals surface area (Å²) in [4.78, 5) is 0. The zero-order chi connectivity index (χ0) is 43.0. The van der Waals surface area contributed by atoms with Gasteiger partial charge in [-0.05, 0) is 109 Å². The van der Waals surface area contributed by atoms with Gasteiger partial charge in [0.15, 0.2) is 0 Å². The minimum Gasteiger partial charge on any atom is -0.326 e. The topological polar surface area (TPSA) is 26.0 Å². The number of hydrogen-bond acceptors (Lipinski definition) is 1. The minimum absolute atomic E-state index is 0.411. The first kappa shape index (κ1) is 40.8. The Hall–Kier alpha value is -7.58. The lowest BCUT2D eigenvalue weighted by Gasteiger charge is -2.34. The number of rotatable bonds is 6. The highest BCUT2D eigenvalue weighted by molar-refractivity contribution is 6.04. The van der Waals surface area contributed by atoms with E-state index in [2.05, 4.69) is 214 Å². The van der Waals surface area contributed by atoms with Crippen molar-refractivity contribution in [2.45, 2.75) is 25.8 Å². The highest BCUT2D eigenvalue weighted by Gasteiger charge is 2.46. The molecule has 2 N–H and O–H groups in total. The molecule has 10 aromatic rings. The summed E-state index contributed by atoms with van der Waals surface area (Å²) in [6.07, 6.45) is 0. The fourth-order valence-electron chi connectivity index (χ4n) is 9.20. The SMILES string of the molecule is Cc1ccc(-c2c(-c3ccc4c(c3)C(c3ccccc3)(c3ccccc3)c3ccccc3-4)ccc3ccccc23)cc1.Cc1ccccc1.NCc1cccc(-c2ccccc2)c1.